The second-order valence-corrected chi connectivity index (χ2v) is 7.10. The molecule has 0 saturated heterocycles. The lowest BCUT2D eigenvalue weighted by Gasteiger charge is -2.21. The number of halogens is 1. The van der Waals surface area contributed by atoms with Crippen molar-refractivity contribution in [3.63, 3.8) is 0 Å². The third kappa shape index (κ3) is 7.04. The molecule has 0 aromatic heterocycles. The molecule has 0 fully saturated rings. The molecule has 0 bridgehead atoms. The Balaban J connectivity index is 1.82. The smallest absolute Gasteiger partial charge is 0.238 e. The minimum atomic E-state index is -0.182. The van der Waals surface area contributed by atoms with E-state index in [1.54, 1.807) is 36.2 Å². The van der Waals surface area contributed by atoms with Crippen molar-refractivity contribution < 1.29 is 9.59 Å². The van der Waals surface area contributed by atoms with Gasteiger partial charge in [0.1, 0.15) is 0 Å². The molecule has 0 radical (unpaired) electrons. The normalized spacial score (nSPS) is 11.9. The molecule has 0 aliphatic rings. The molecule has 0 heterocycles. The molecule has 2 amide bonds. The van der Waals surface area contributed by atoms with Crippen LogP contribution in [0.15, 0.2) is 48.5 Å². The molecular weight excluding hydrogens is 362 g/mol. The van der Waals surface area contributed by atoms with E-state index in [9.17, 15) is 9.59 Å². The molecule has 2 aromatic carbocycles. The van der Waals surface area contributed by atoms with E-state index in [1.165, 1.54) is 5.56 Å². The summed E-state index contributed by atoms with van der Waals surface area (Å²) in [5.74, 6) is -0.289. The highest BCUT2D eigenvalue weighted by atomic mass is 35.5. The second-order valence-electron chi connectivity index (χ2n) is 6.67. The first-order valence-corrected chi connectivity index (χ1v) is 9.35. The van der Waals surface area contributed by atoms with E-state index in [2.05, 4.69) is 10.6 Å². The number of likely N-dealkylation sites (N-methyl/N-ethyl adjacent to an activating group) is 1. The third-order valence-electron chi connectivity index (χ3n) is 4.18. The van der Waals surface area contributed by atoms with Crippen LogP contribution in [0.5, 0.6) is 0 Å². The summed E-state index contributed by atoms with van der Waals surface area (Å²) >= 11 is 5.83. The maximum atomic E-state index is 12.3. The van der Waals surface area contributed by atoms with Crippen LogP contribution in [0.3, 0.4) is 0 Å². The van der Waals surface area contributed by atoms with Crippen molar-refractivity contribution in [2.24, 2.45) is 0 Å². The number of hydrogen-bond donors (Lipinski definition) is 2. The van der Waals surface area contributed by atoms with E-state index in [0.717, 1.165) is 12.0 Å². The molecule has 0 unspecified atom stereocenters. The Kier molecular flexibility index (Phi) is 7.82. The minimum absolute atomic E-state index is 0.0330. The highest BCUT2D eigenvalue weighted by Crippen LogP contribution is 2.17. The molecule has 0 spiro atoms. The zero-order valence-electron chi connectivity index (χ0n) is 16.0. The Morgan fingerprint density at radius 3 is 2.19 bits per heavy atom. The fraction of sp³-hybridized carbons (Fsp3) is 0.333. The summed E-state index contributed by atoms with van der Waals surface area (Å²) in [6.45, 7) is 4.34. The number of carbonyl (C=O) groups excluding carboxylic acids is 2. The second kappa shape index (κ2) is 10.1. The van der Waals surface area contributed by atoms with Crippen LogP contribution in [0.4, 0.5) is 5.69 Å². The first-order valence-electron chi connectivity index (χ1n) is 8.97. The van der Waals surface area contributed by atoms with Gasteiger partial charge in [-0.05, 0) is 50.2 Å². The Bertz CT molecular complexity index is 760. The van der Waals surface area contributed by atoms with Gasteiger partial charge >= 0.3 is 0 Å². The van der Waals surface area contributed by atoms with Gasteiger partial charge in [0.2, 0.25) is 11.8 Å². The van der Waals surface area contributed by atoms with E-state index in [4.69, 9.17) is 11.6 Å². The van der Waals surface area contributed by atoms with Crippen LogP contribution in [0.25, 0.3) is 0 Å². The Morgan fingerprint density at radius 1 is 1.00 bits per heavy atom. The van der Waals surface area contributed by atoms with Gasteiger partial charge in [-0.3, -0.25) is 14.5 Å². The molecule has 2 N–H and O–H groups in total. The first kappa shape index (κ1) is 20.9. The van der Waals surface area contributed by atoms with Gasteiger partial charge in [0, 0.05) is 10.7 Å². The summed E-state index contributed by atoms with van der Waals surface area (Å²) in [6.07, 6.45) is 0.801. The standard InChI is InChI=1S/C21H26ClN3O2/c1-4-19(16-7-5-15(2)6-8-16)24-21(27)14-25(3)13-20(26)23-18-11-9-17(22)10-12-18/h5-12,19H,4,13-14H2,1-3H3,(H,23,26)(H,24,27)/t19-/m0/s1. The van der Waals surface area contributed by atoms with E-state index in [0.29, 0.717) is 10.7 Å². The van der Waals surface area contributed by atoms with E-state index in [1.807, 2.05) is 38.1 Å². The maximum Gasteiger partial charge on any atom is 0.238 e. The quantitative estimate of drug-likeness (QED) is 0.724. The molecule has 2 aromatic rings. The molecule has 0 aliphatic carbocycles. The number of nitrogens with one attached hydrogen (secondary N) is 2. The Labute approximate surface area is 165 Å². The molecule has 6 heteroatoms. The Hall–Kier alpha value is -2.37. The highest BCUT2D eigenvalue weighted by Gasteiger charge is 2.15. The van der Waals surface area contributed by atoms with Crippen LogP contribution in [-0.4, -0.2) is 36.9 Å². The van der Waals surface area contributed by atoms with Crippen molar-refractivity contribution in [2.75, 3.05) is 25.5 Å². The Morgan fingerprint density at radius 2 is 1.59 bits per heavy atom. The summed E-state index contributed by atoms with van der Waals surface area (Å²) in [4.78, 5) is 26.1. The lowest BCUT2D eigenvalue weighted by atomic mass is 10.0. The molecule has 0 saturated carbocycles. The van der Waals surface area contributed by atoms with Gasteiger partial charge in [0.05, 0.1) is 19.1 Å². The van der Waals surface area contributed by atoms with Crippen molar-refractivity contribution in [3.05, 3.63) is 64.7 Å². The lowest BCUT2D eigenvalue weighted by molar-refractivity contribution is -0.123. The molecule has 27 heavy (non-hydrogen) atoms. The summed E-state index contributed by atoms with van der Waals surface area (Å²) in [5.41, 5.74) is 2.94. The average Bonchev–Trinajstić information content (AvgIpc) is 2.62. The fourth-order valence-corrected chi connectivity index (χ4v) is 2.87. The minimum Gasteiger partial charge on any atom is -0.348 e. The van der Waals surface area contributed by atoms with Crippen LogP contribution in [0.1, 0.15) is 30.5 Å². The number of aryl methyl sites for hydroxylation is 1. The highest BCUT2D eigenvalue weighted by molar-refractivity contribution is 6.30. The van der Waals surface area contributed by atoms with Crippen LogP contribution in [-0.2, 0) is 9.59 Å². The first-order chi connectivity index (χ1) is 12.9. The van der Waals surface area contributed by atoms with Gasteiger partial charge in [-0.15, -0.1) is 0 Å². The van der Waals surface area contributed by atoms with Gasteiger partial charge < -0.3 is 10.6 Å². The number of amides is 2. The number of rotatable bonds is 8. The van der Waals surface area contributed by atoms with Crippen molar-refractivity contribution in [1.82, 2.24) is 10.2 Å². The lowest BCUT2D eigenvalue weighted by Crippen LogP contribution is -2.40. The van der Waals surface area contributed by atoms with Gasteiger partial charge in [0.25, 0.3) is 0 Å². The van der Waals surface area contributed by atoms with E-state index < -0.39 is 0 Å². The number of hydrogen-bond acceptors (Lipinski definition) is 3. The van der Waals surface area contributed by atoms with E-state index >= 15 is 0 Å². The third-order valence-corrected chi connectivity index (χ3v) is 4.43. The van der Waals surface area contributed by atoms with Gasteiger partial charge in [-0.25, -0.2) is 0 Å². The number of carbonyl (C=O) groups is 2. The van der Waals surface area contributed by atoms with Crippen LogP contribution in [0.2, 0.25) is 5.02 Å². The van der Waals surface area contributed by atoms with Crippen LogP contribution < -0.4 is 10.6 Å². The van der Waals surface area contributed by atoms with Gasteiger partial charge in [0.15, 0.2) is 0 Å². The van der Waals surface area contributed by atoms with Gasteiger partial charge in [-0.1, -0.05) is 48.4 Å². The van der Waals surface area contributed by atoms with Crippen molar-refractivity contribution >= 4 is 29.1 Å². The monoisotopic (exact) mass is 387 g/mol. The predicted molar refractivity (Wildman–Crippen MR) is 110 cm³/mol. The van der Waals surface area contributed by atoms with Gasteiger partial charge in [-0.2, -0.15) is 0 Å². The summed E-state index contributed by atoms with van der Waals surface area (Å²) in [5, 5.41) is 6.43. The predicted octanol–water partition coefficient (Wildman–Crippen LogP) is 3.79. The van der Waals surface area contributed by atoms with E-state index in [-0.39, 0.29) is 30.9 Å². The molecule has 5 nitrogen and oxygen atoms in total. The SMILES string of the molecule is CC[C@H](NC(=O)CN(C)CC(=O)Nc1ccc(Cl)cc1)c1ccc(C)cc1. The fourth-order valence-electron chi connectivity index (χ4n) is 2.74. The van der Waals surface area contributed by atoms with Crippen LogP contribution >= 0.6 is 11.6 Å². The largest absolute Gasteiger partial charge is 0.348 e. The summed E-state index contributed by atoms with van der Waals surface area (Å²) < 4.78 is 0. The van der Waals surface area contributed by atoms with Crippen molar-refractivity contribution in [2.45, 2.75) is 26.3 Å². The molecule has 2 rings (SSSR count). The number of benzene rings is 2. The van der Waals surface area contributed by atoms with Crippen LogP contribution in [0, 0.1) is 6.92 Å². The van der Waals surface area contributed by atoms with Crippen molar-refractivity contribution in [3.8, 4) is 0 Å². The zero-order chi connectivity index (χ0) is 19.8. The number of nitrogens with zero attached hydrogens (tertiary/aromatic N) is 1. The maximum absolute atomic E-state index is 12.3. The molecule has 0 aliphatic heterocycles. The van der Waals surface area contributed by atoms with Crippen molar-refractivity contribution in [1.29, 1.82) is 0 Å². The molecule has 1 atom stereocenters. The molecular formula is C21H26ClN3O2. The zero-order valence-corrected chi connectivity index (χ0v) is 16.7. The average molecular weight is 388 g/mol. The number of anilines is 1. The summed E-state index contributed by atoms with van der Waals surface area (Å²) in [6, 6.07) is 15.0. The summed E-state index contributed by atoms with van der Waals surface area (Å²) in [7, 11) is 1.74. The topological polar surface area (TPSA) is 61.4 Å². The molecule has 144 valence electrons.